The molecule has 0 unspecified atom stereocenters. The fourth-order valence-corrected chi connectivity index (χ4v) is 2.47. The topological polar surface area (TPSA) is 80.9 Å². The number of hydrogen-bond acceptors (Lipinski definition) is 6. The van der Waals surface area contributed by atoms with E-state index >= 15 is 0 Å². The zero-order valence-corrected chi connectivity index (χ0v) is 13.2. The maximum Gasteiger partial charge on any atom is 0.277 e. The van der Waals surface area contributed by atoms with Crippen molar-refractivity contribution in [3.8, 4) is 11.6 Å². The molecule has 7 heteroatoms. The highest BCUT2D eigenvalue weighted by molar-refractivity contribution is 7.99. The van der Waals surface area contributed by atoms with Gasteiger partial charge in [0.1, 0.15) is 5.69 Å². The molecular weight excluding hydrogens is 312 g/mol. The number of anilines is 1. The molecule has 0 spiro atoms. The SMILES string of the molecule is Cc1cccc(NC(=O)CSc2nnc(-c3ccccn3)o2)c1. The molecule has 1 aromatic carbocycles. The summed E-state index contributed by atoms with van der Waals surface area (Å²) < 4.78 is 5.49. The molecule has 0 fully saturated rings. The van der Waals surface area contributed by atoms with E-state index in [2.05, 4.69) is 20.5 Å². The molecule has 0 aliphatic rings. The van der Waals surface area contributed by atoms with Gasteiger partial charge >= 0.3 is 0 Å². The van der Waals surface area contributed by atoms with Crippen molar-refractivity contribution >= 4 is 23.4 Å². The highest BCUT2D eigenvalue weighted by atomic mass is 32.2. The molecule has 0 radical (unpaired) electrons. The van der Waals surface area contributed by atoms with Crippen LogP contribution in [0.5, 0.6) is 0 Å². The Morgan fingerprint density at radius 3 is 2.91 bits per heavy atom. The number of nitrogens with zero attached hydrogens (tertiary/aromatic N) is 3. The first-order valence-electron chi connectivity index (χ1n) is 6.95. The Balaban J connectivity index is 1.56. The second-order valence-corrected chi connectivity index (χ2v) is 5.72. The van der Waals surface area contributed by atoms with E-state index < -0.39 is 0 Å². The molecule has 3 rings (SSSR count). The number of aryl methyl sites for hydroxylation is 1. The maximum absolute atomic E-state index is 11.9. The van der Waals surface area contributed by atoms with Gasteiger partial charge in [-0.15, -0.1) is 10.2 Å². The van der Waals surface area contributed by atoms with Crippen LogP contribution in [0.15, 0.2) is 58.3 Å². The molecular formula is C16H14N4O2S. The van der Waals surface area contributed by atoms with Crippen LogP contribution in [0, 0.1) is 6.92 Å². The first-order valence-corrected chi connectivity index (χ1v) is 7.93. The number of carbonyl (C=O) groups is 1. The number of pyridine rings is 1. The predicted octanol–water partition coefficient (Wildman–Crippen LogP) is 3.17. The van der Waals surface area contributed by atoms with Gasteiger partial charge in [-0.3, -0.25) is 9.78 Å². The highest BCUT2D eigenvalue weighted by Gasteiger charge is 2.11. The maximum atomic E-state index is 11.9. The largest absolute Gasteiger partial charge is 0.410 e. The molecule has 0 aliphatic heterocycles. The summed E-state index contributed by atoms with van der Waals surface area (Å²) in [6.45, 7) is 1.97. The monoisotopic (exact) mass is 326 g/mol. The smallest absolute Gasteiger partial charge is 0.277 e. The molecule has 116 valence electrons. The van der Waals surface area contributed by atoms with Crippen LogP contribution in [0.1, 0.15) is 5.56 Å². The Morgan fingerprint density at radius 2 is 2.13 bits per heavy atom. The van der Waals surface area contributed by atoms with Gasteiger partial charge in [0, 0.05) is 11.9 Å². The third-order valence-electron chi connectivity index (χ3n) is 2.92. The molecule has 2 heterocycles. The zero-order chi connectivity index (χ0) is 16.1. The number of carbonyl (C=O) groups excluding carboxylic acids is 1. The first-order chi connectivity index (χ1) is 11.2. The molecule has 23 heavy (non-hydrogen) atoms. The van der Waals surface area contributed by atoms with Gasteiger partial charge in [0.25, 0.3) is 11.1 Å². The normalized spacial score (nSPS) is 10.5. The number of benzene rings is 1. The van der Waals surface area contributed by atoms with Crippen molar-refractivity contribution < 1.29 is 9.21 Å². The van der Waals surface area contributed by atoms with Gasteiger partial charge in [-0.05, 0) is 36.8 Å². The van der Waals surface area contributed by atoms with Gasteiger partial charge in [0.05, 0.1) is 5.75 Å². The van der Waals surface area contributed by atoms with Gasteiger partial charge < -0.3 is 9.73 Å². The van der Waals surface area contributed by atoms with Crippen LogP contribution in [-0.4, -0.2) is 26.8 Å². The second kappa shape index (κ2) is 7.06. The van der Waals surface area contributed by atoms with Crippen LogP contribution < -0.4 is 5.32 Å². The number of thioether (sulfide) groups is 1. The summed E-state index contributed by atoms with van der Waals surface area (Å²) >= 11 is 1.19. The van der Waals surface area contributed by atoms with Crippen LogP contribution in [0.4, 0.5) is 5.69 Å². The fraction of sp³-hybridized carbons (Fsp3) is 0.125. The third-order valence-corrected chi connectivity index (χ3v) is 3.74. The van der Waals surface area contributed by atoms with E-state index in [0.29, 0.717) is 16.8 Å². The van der Waals surface area contributed by atoms with E-state index in [4.69, 9.17) is 4.42 Å². The van der Waals surface area contributed by atoms with E-state index in [1.54, 1.807) is 12.3 Å². The Hall–Kier alpha value is -2.67. The lowest BCUT2D eigenvalue weighted by Gasteiger charge is -2.04. The molecule has 1 N–H and O–H groups in total. The quantitative estimate of drug-likeness (QED) is 0.725. The minimum absolute atomic E-state index is 0.127. The number of nitrogens with one attached hydrogen (secondary N) is 1. The van der Waals surface area contributed by atoms with Crippen molar-refractivity contribution in [3.05, 3.63) is 54.2 Å². The van der Waals surface area contributed by atoms with E-state index in [1.807, 2.05) is 43.3 Å². The molecule has 0 atom stereocenters. The molecule has 0 saturated heterocycles. The van der Waals surface area contributed by atoms with Crippen LogP contribution >= 0.6 is 11.8 Å². The van der Waals surface area contributed by atoms with Crippen molar-refractivity contribution in [2.45, 2.75) is 12.1 Å². The average Bonchev–Trinajstić information content (AvgIpc) is 3.03. The number of aromatic nitrogens is 3. The van der Waals surface area contributed by atoms with Crippen LogP contribution in [0.3, 0.4) is 0 Å². The summed E-state index contributed by atoms with van der Waals surface area (Å²) in [6.07, 6.45) is 1.65. The lowest BCUT2D eigenvalue weighted by Crippen LogP contribution is -2.13. The van der Waals surface area contributed by atoms with Gasteiger partial charge in [-0.2, -0.15) is 0 Å². The van der Waals surface area contributed by atoms with Gasteiger partial charge in [0.2, 0.25) is 5.91 Å². The lowest BCUT2D eigenvalue weighted by atomic mass is 10.2. The van der Waals surface area contributed by atoms with Crippen LogP contribution in [0.2, 0.25) is 0 Å². The standard InChI is InChI=1S/C16H14N4O2S/c1-11-5-4-6-12(9-11)18-14(21)10-23-16-20-19-15(22-16)13-7-2-3-8-17-13/h2-9H,10H2,1H3,(H,18,21). The summed E-state index contributed by atoms with van der Waals surface area (Å²) in [6, 6.07) is 13.1. The average molecular weight is 326 g/mol. The van der Waals surface area contributed by atoms with Gasteiger partial charge in [0.15, 0.2) is 0 Å². The molecule has 0 aliphatic carbocycles. The first kappa shape index (κ1) is 15.2. The van der Waals surface area contributed by atoms with Crippen molar-refractivity contribution in [3.63, 3.8) is 0 Å². The van der Waals surface area contributed by atoms with Gasteiger partial charge in [-0.1, -0.05) is 30.0 Å². The summed E-state index contributed by atoms with van der Waals surface area (Å²) in [4.78, 5) is 16.1. The Kier molecular flexibility index (Phi) is 4.68. The molecule has 2 aromatic heterocycles. The van der Waals surface area contributed by atoms with E-state index in [1.165, 1.54) is 11.8 Å². The predicted molar refractivity (Wildman–Crippen MR) is 88.1 cm³/mol. The van der Waals surface area contributed by atoms with Crippen molar-refractivity contribution in [2.24, 2.45) is 0 Å². The fourth-order valence-electron chi connectivity index (χ4n) is 1.91. The molecule has 0 bridgehead atoms. The minimum atomic E-state index is -0.127. The van der Waals surface area contributed by atoms with Crippen LogP contribution in [0.25, 0.3) is 11.6 Å². The molecule has 6 nitrogen and oxygen atoms in total. The van der Waals surface area contributed by atoms with Crippen molar-refractivity contribution in [2.75, 3.05) is 11.1 Å². The summed E-state index contributed by atoms with van der Waals surface area (Å²) in [7, 11) is 0. The number of rotatable bonds is 5. The van der Waals surface area contributed by atoms with Crippen molar-refractivity contribution in [1.82, 2.24) is 15.2 Å². The second-order valence-electron chi connectivity index (χ2n) is 4.79. The van der Waals surface area contributed by atoms with Crippen LogP contribution in [-0.2, 0) is 4.79 Å². The van der Waals surface area contributed by atoms with E-state index in [0.717, 1.165) is 11.3 Å². The Labute approximate surface area is 137 Å². The highest BCUT2D eigenvalue weighted by Crippen LogP contribution is 2.21. The van der Waals surface area contributed by atoms with E-state index in [-0.39, 0.29) is 11.7 Å². The lowest BCUT2D eigenvalue weighted by molar-refractivity contribution is -0.113. The molecule has 3 aromatic rings. The summed E-state index contributed by atoms with van der Waals surface area (Å²) in [5.41, 5.74) is 2.47. The third kappa shape index (κ3) is 4.17. The van der Waals surface area contributed by atoms with Crippen molar-refractivity contribution in [1.29, 1.82) is 0 Å². The van der Waals surface area contributed by atoms with Gasteiger partial charge in [-0.25, -0.2) is 0 Å². The Morgan fingerprint density at radius 1 is 1.22 bits per heavy atom. The van der Waals surface area contributed by atoms with E-state index in [9.17, 15) is 4.79 Å². The molecule has 0 saturated carbocycles. The number of hydrogen-bond donors (Lipinski definition) is 1. The molecule has 1 amide bonds. The summed E-state index contributed by atoms with van der Waals surface area (Å²) in [5, 5.41) is 11.0. The zero-order valence-electron chi connectivity index (χ0n) is 12.4. The summed E-state index contributed by atoms with van der Waals surface area (Å²) in [5.74, 6) is 0.406. The Bertz CT molecular complexity index is 805. The number of amides is 1. The minimum Gasteiger partial charge on any atom is -0.410 e.